The minimum atomic E-state index is -0.818. The molecule has 2 aliphatic heterocycles. The molecule has 4 heteroatoms. The van der Waals surface area contributed by atoms with Crippen LogP contribution in [-0.2, 0) is 9.53 Å². The highest BCUT2D eigenvalue weighted by Gasteiger charge is 2.77. The average Bonchev–Trinajstić information content (AvgIpc) is 2.83. The molecule has 4 nitrogen and oxygen atoms in total. The molecule has 0 saturated carbocycles. The number of likely N-dealkylation sites (tertiary alicyclic amines) is 1. The van der Waals surface area contributed by atoms with Crippen molar-refractivity contribution in [2.75, 3.05) is 0 Å². The molecular weight excluding hydrogens is 398 g/mol. The van der Waals surface area contributed by atoms with Gasteiger partial charge in [0.25, 0.3) is 0 Å². The molecule has 2 fully saturated rings. The highest BCUT2D eigenvalue weighted by Crippen LogP contribution is 2.69. The molecular formula is C28H29NO3. The molecule has 2 saturated heterocycles. The molecule has 0 radical (unpaired) electrons. The third-order valence-corrected chi connectivity index (χ3v) is 7.21. The third kappa shape index (κ3) is 2.94. The van der Waals surface area contributed by atoms with Crippen LogP contribution in [0.15, 0.2) is 91.0 Å². The van der Waals surface area contributed by atoms with Crippen molar-refractivity contribution in [3.63, 3.8) is 0 Å². The average molecular weight is 428 g/mol. The van der Waals surface area contributed by atoms with Gasteiger partial charge < -0.3 is 14.7 Å². The minimum Gasteiger partial charge on any atom is -0.390 e. The van der Waals surface area contributed by atoms with Gasteiger partial charge >= 0.3 is 0 Å². The van der Waals surface area contributed by atoms with Gasteiger partial charge in [-0.25, -0.2) is 0 Å². The largest absolute Gasteiger partial charge is 0.390 e. The monoisotopic (exact) mass is 427 g/mol. The van der Waals surface area contributed by atoms with Crippen molar-refractivity contribution < 1.29 is 14.6 Å². The number of β-lactam (4-membered cyclic amide) rings is 1. The first-order valence-corrected chi connectivity index (χ1v) is 11.4. The summed E-state index contributed by atoms with van der Waals surface area (Å²) in [6.45, 7) is 4.01. The highest BCUT2D eigenvalue weighted by atomic mass is 16.5. The second-order valence-corrected chi connectivity index (χ2v) is 8.87. The van der Waals surface area contributed by atoms with Gasteiger partial charge in [0, 0.05) is 0 Å². The Kier molecular flexibility index (Phi) is 5.36. The molecule has 1 spiro atoms. The van der Waals surface area contributed by atoms with Crippen molar-refractivity contribution >= 4 is 5.91 Å². The van der Waals surface area contributed by atoms with Gasteiger partial charge in [-0.2, -0.15) is 0 Å². The van der Waals surface area contributed by atoms with Crippen LogP contribution in [0.5, 0.6) is 0 Å². The fourth-order valence-electron chi connectivity index (χ4n) is 5.57. The van der Waals surface area contributed by atoms with E-state index in [4.69, 9.17) is 4.74 Å². The van der Waals surface area contributed by atoms with Crippen molar-refractivity contribution in [2.24, 2.45) is 5.41 Å². The molecule has 0 aromatic heterocycles. The molecule has 32 heavy (non-hydrogen) atoms. The summed E-state index contributed by atoms with van der Waals surface area (Å²) in [7, 11) is 0. The molecule has 0 aliphatic carbocycles. The quantitative estimate of drug-likeness (QED) is 0.548. The molecule has 3 aromatic rings. The zero-order valence-electron chi connectivity index (χ0n) is 18.5. The number of benzene rings is 3. The summed E-state index contributed by atoms with van der Waals surface area (Å²) in [5, 5.41) is 10.9. The molecule has 5 rings (SSSR count). The topological polar surface area (TPSA) is 49.8 Å². The lowest BCUT2D eigenvalue weighted by atomic mass is 9.54. The summed E-state index contributed by atoms with van der Waals surface area (Å²) in [5.74, 6) is 0.0558. The Balaban J connectivity index is 1.63. The number of carbonyl (C=O) groups excluding carboxylic acids is 1. The standard InChI is InChI=1S/C28H29NO3/c1-3-23(30)26-28(25(32-26)22-17-11-6-12-18-22)24(21-15-9-5-10-16-21)29(27(28)31)19(2)20-13-7-4-8-14-20/h4-19,23-26,30H,3H2,1-2H3/t19-,23-,24-,25-,26+,28-/m0/s1. The van der Waals surface area contributed by atoms with Crippen LogP contribution in [0.1, 0.15) is 55.1 Å². The van der Waals surface area contributed by atoms with Gasteiger partial charge in [0.15, 0.2) is 0 Å². The van der Waals surface area contributed by atoms with Crippen molar-refractivity contribution in [3.05, 3.63) is 108 Å². The summed E-state index contributed by atoms with van der Waals surface area (Å²) >= 11 is 0. The maximum atomic E-state index is 14.1. The van der Waals surface area contributed by atoms with Crippen molar-refractivity contribution in [3.8, 4) is 0 Å². The minimum absolute atomic E-state index is 0.0558. The van der Waals surface area contributed by atoms with Crippen LogP contribution in [0, 0.1) is 5.41 Å². The highest BCUT2D eigenvalue weighted by molar-refractivity contribution is 5.94. The van der Waals surface area contributed by atoms with E-state index < -0.39 is 17.6 Å². The number of aliphatic hydroxyl groups is 1. The molecule has 2 heterocycles. The van der Waals surface area contributed by atoms with E-state index in [2.05, 4.69) is 31.2 Å². The van der Waals surface area contributed by atoms with Gasteiger partial charge in [-0.05, 0) is 30.0 Å². The second kappa shape index (κ2) is 8.19. The third-order valence-electron chi connectivity index (χ3n) is 7.21. The summed E-state index contributed by atoms with van der Waals surface area (Å²) in [4.78, 5) is 16.1. The summed E-state index contributed by atoms with van der Waals surface area (Å²) in [5.41, 5.74) is 2.34. The number of rotatable bonds is 6. The zero-order chi connectivity index (χ0) is 22.3. The van der Waals surface area contributed by atoms with E-state index in [0.717, 1.165) is 16.7 Å². The van der Waals surface area contributed by atoms with E-state index in [1.54, 1.807) is 0 Å². The van der Waals surface area contributed by atoms with Gasteiger partial charge in [-0.3, -0.25) is 4.79 Å². The fraction of sp³-hybridized carbons (Fsp3) is 0.321. The van der Waals surface area contributed by atoms with E-state index in [1.165, 1.54) is 0 Å². The smallest absolute Gasteiger partial charge is 0.238 e. The van der Waals surface area contributed by atoms with Gasteiger partial charge in [0.1, 0.15) is 17.6 Å². The Hall–Kier alpha value is -2.95. The lowest BCUT2D eigenvalue weighted by Crippen LogP contribution is -2.78. The Morgan fingerprint density at radius 3 is 2.00 bits per heavy atom. The fourth-order valence-corrected chi connectivity index (χ4v) is 5.57. The summed E-state index contributed by atoms with van der Waals surface area (Å²) in [6.07, 6.45) is -1.07. The Morgan fingerprint density at radius 2 is 1.44 bits per heavy atom. The van der Waals surface area contributed by atoms with E-state index in [1.807, 2.05) is 78.6 Å². The number of hydrogen-bond acceptors (Lipinski definition) is 3. The van der Waals surface area contributed by atoms with Crippen LogP contribution in [0.3, 0.4) is 0 Å². The Bertz CT molecular complexity index is 1070. The van der Waals surface area contributed by atoms with Crippen molar-refractivity contribution in [1.29, 1.82) is 0 Å². The van der Waals surface area contributed by atoms with Gasteiger partial charge in [0.2, 0.25) is 5.91 Å². The van der Waals surface area contributed by atoms with Gasteiger partial charge in [-0.15, -0.1) is 0 Å². The molecule has 3 aromatic carbocycles. The Labute approximate surface area is 189 Å². The van der Waals surface area contributed by atoms with Crippen LogP contribution >= 0.6 is 0 Å². The lowest BCUT2D eigenvalue weighted by Gasteiger charge is -2.69. The van der Waals surface area contributed by atoms with E-state index in [9.17, 15) is 9.90 Å². The first-order valence-electron chi connectivity index (χ1n) is 11.4. The zero-order valence-corrected chi connectivity index (χ0v) is 18.5. The first-order chi connectivity index (χ1) is 15.6. The van der Waals surface area contributed by atoms with Gasteiger partial charge in [0.05, 0.1) is 18.2 Å². The predicted molar refractivity (Wildman–Crippen MR) is 124 cm³/mol. The maximum Gasteiger partial charge on any atom is 0.238 e. The van der Waals surface area contributed by atoms with E-state index >= 15 is 0 Å². The normalized spacial score (nSPS) is 28.7. The van der Waals surface area contributed by atoms with E-state index in [0.29, 0.717) is 6.42 Å². The SMILES string of the molecule is CC[C@H](O)[C@H]1O[C@@H](c2ccccc2)[C@]12C(=O)N([C@@H](C)c1ccccc1)[C@H]2c1ccccc1. The molecule has 2 aliphatic rings. The number of amides is 1. The molecule has 6 atom stereocenters. The van der Waals surface area contributed by atoms with Crippen LogP contribution in [0.2, 0.25) is 0 Å². The number of carbonyl (C=O) groups is 1. The molecule has 1 N–H and O–H groups in total. The van der Waals surface area contributed by atoms with Crippen molar-refractivity contribution in [2.45, 2.75) is 50.7 Å². The number of ether oxygens (including phenoxy) is 1. The first kappa shape index (κ1) is 20.9. The molecule has 164 valence electrons. The van der Waals surface area contributed by atoms with Crippen LogP contribution in [0.4, 0.5) is 0 Å². The number of aliphatic hydroxyl groups excluding tert-OH is 1. The number of nitrogens with zero attached hydrogens (tertiary/aromatic N) is 1. The lowest BCUT2D eigenvalue weighted by molar-refractivity contribution is -0.329. The molecule has 0 unspecified atom stereocenters. The molecule has 0 bridgehead atoms. The van der Waals surface area contributed by atoms with Crippen LogP contribution in [0.25, 0.3) is 0 Å². The predicted octanol–water partition coefficient (Wildman–Crippen LogP) is 5.23. The molecule has 1 amide bonds. The number of hydrogen-bond donors (Lipinski definition) is 1. The van der Waals surface area contributed by atoms with Crippen LogP contribution < -0.4 is 0 Å². The Morgan fingerprint density at radius 1 is 0.906 bits per heavy atom. The summed E-state index contributed by atoms with van der Waals surface area (Å²) in [6, 6.07) is 30.0. The second-order valence-electron chi connectivity index (χ2n) is 8.87. The van der Waals surface area contributed by atoms with Crippen LogP contribution in [-0.4, -0.2) is 28.1 Å². The van der Waals surface area contributed by atoms with Crippen molar-refractivity contribution in [1.82, 2.24) is 4.90 Å². The van der Waals surface area contributed by atoms with E-state index in [-0.39, 0.29) is 24.1 Å². The summed E-state index contributed by atoms with van der Waals surface area (Å²) < 4.78 is 6.29. The van der Waals surface area contributed by atoms with Gasteiger partial charge in [-0.1, -0.05) is 97.9 Å². The maximum absolute atomic E-state index is 14.1.